The van der Waals surface area contributed by atoms with E-state index in [0.717, 1.165) is 55.0 Å². The number of rotatable bonds is 29. The van der Waals surface area contributed by atoms with Gasteiger partial charge in [-0.3, -0.25) is 77.9 Å². The van der Waals surface area contributed by atoms with E-state index in [1.807, 2.05) is 22.6 Å². The van der Waals surface area contributed by atoms with Crippen LogP contribution in [0.25, 0.3) is 0 Å². The van der Waals surface area contributed by atoms with Crippen LogP contribution in [0.5, 0.6) is 11.5 Å². The number of nitrogens with one attached hydrogen (secondary N) is 16. The number of nitrogens with zero attached hydrogens (tertiary/aromatic N) is 1. The van der Waals surface area contributed by atoms with Gasteiger partial charge < -0.3 is 134 Å². The van der Waals surface area contributed by atoms with Gasteiger partial charge in [-0.2, -0.15) is 0 Å². The standard InChI is InChI=1S/C70H107IN22O20S4/c1-34(94)54-64(109)88-45(29-53(99)100)66(111)93-24-8-13-49(93)63(108)86-42(12-7-23-80-69(77)78)58(103)89-47-32-115-114-31-46(83-52(98)30-74)62(107)92-55(65(110)91-54)70(2,3)117-116-33-48(60(105)81-37(25-35-14-17-38(95)18-15-35)28-51(97)82-43(67(112)113)10-5-21-73)90-57(102)40(9-4-20-72)84-59(104)44(27-36-16-19-50(96)39(71)26-36)87-56(101)41(85-61(47)106)11-6-22-79-68(75)76/h14-19,26,34,37,40-49,54-55,94-96H,4-13,20-25,27-33,72-74H2,1-3H3,(H,81,105)(H,82,97)(H,83,98)(H,84,104)(H,85,106)(H,86,108)(H,87,101)(H,88,109)(H,89,103)(H,90,102)(H,91,110)(H,92,107)(H,99,100)(H,112,113)(H4,75,76,79)(H4,77,78,80)/t34-,37+,40+,41+,42+,43+,44+,45+,46-,47+,48+,49+,54+,55-/m1/s1. The number of carboxylic acid groups (broad SMARTS) is 2. The molecule has 0 saturated carbocycles. The predicted octanol–water partition coefficient (Wildman–Crippen LogP) is -5.84. The fourth-order valence-corrected chi connectivity index (χ4v) is 18.0. The molecule has 2 aromatic carbocycles. The van der Waals surface area contributed by atoms with Crippen LogP contribution < -0.4 is 103 Å². The topological polar surface area (TPSA) is 707 Å². The molecule has 0 aromatic heterocycles. The van der Waals surface area contributed by atoms with Gasteiger partial charge in [-0.25, -0.2) is 4.79 Å². The molecular weight excluding hydrogens is 1720 g/mol. The molecule has 47 heteroatoms. The number of hydrogen-bond acceptors (Lipinski definition) is 27. The molecule has 648 valence electrons. The molecule has 3 aliphatic heterocycles. The SMILES string of the molecule is C[C@@H](O)[C@@H]1NC(=O)[C@H]2NC(=O)[C@H](NC(=O)CN)CSSC[C@H](NC(=O)[C@H](CCCNC(=N)N)NC(=O)[C@@H]3CCCN3C(=O)[C@H](CC(=O)O)NC1=O)C(=O)N[C@@H](CCCNC(=N)N)C(=O)N[C@@H](Cc1ccc(O)c(I)c1)C(=O)N[C@@H](CCCN)C(=O)N[C@H](C(=O)N[C@H](CC(=O)N[C@@H](CCCN)C(=O)O)Cc1ccc(O)cc1)CSSC2(C)C. The lowest BCUT2D eigenvalue weighted by Gasteiger charge is -2.35. The molecule has 42 nitrogen and oxygen atoms in total. The monoisotopic (exact) mass is 1830 g/mol. The summed E-state index contributed by atoms with van der Waals surface area (Å²) in [6, 6.07) is -12.2. The Balaban J connectivity index is 1.83. The van der Waals surface area contributed by atoms with Gasteiger partial charge in [0.1, 0.15) is 84.0 Å². The van der Waals surface area contributed by atoms with Gasteiger partial charge in [0.15, 0.2) is 11.9 Å². The summed E-state index contributed by atoms with van der Waals surface area (Å²) in [4.78, 5) is 219. The maximum atomic E-state index is 15.4. The van der Waals surface area contributed by atoms with E-state index < -0.39 is 227 Å². The van der Waals surface area contributed by atoms with Gasteiger partial charge in [0.05, 0.1) is 22.6 Å². The first-order chi connectivity index (χ1) is 55.3. The van der Waals surface area contributed by atoms with Gasteiger partial charge in [-0.05, 0) is 162 Å². The van der Waals surface area contributed by atoms with Gasteiger partial charge in [-0.15, -0.1) is 0 Å². The molecule has 3 aliphatic rings. The molecule has 3 fully saturated rings. The molecule has 0 spiro atoms. The summed E-state index contributed by atoms with van der Waals surface area (Å²) in [5.41, 5.74) is 29.4. The molecule has 5 rings (SSSR count). The Labute approximate surface area is 703 Å². The number of carbonyl (C=O) groups excluding carboxylic acids is 13. The van der Waals surface area contributed by atoms with Gasteiger partial charge in [0.25, 0.3) is 0 Å². The fraction of sp³-hybridized carbons (Fsp3) is 0.586. The van der Waals surface area contributed by atoms with Crippen LogP contribution in [-0.2, 0) is 84.8 Å². The number of hydrogen-bond donors (Lipinski definition) is 26. The summed E-state index contributed by atoms with van der Waals surface area (Å²) in [5.74, 6) is -19.7. The van der Waals surface area contributed by atoms with Crippen molar-refractivity contribution in [2.75, 3.05) is 56.5 Å². The van der Waals surface area contributed by atoms with E-state index in [1.54, 1.807) is 0 Å². The Morgan fingerprint density at radius 2 is 1.20 bits per heavy atom. The summed E-state index contributed by atoms with van der Waals surface area (Å²) in [6.07, 6.45) is -4.92. The number of phenols is 2. The largest absolute Gasteiger partial charge is 0.508 e. The second kappa shape index (κ2) is 49.1. The number of nitrogens with two attached hydrogens (primary N) is 5. The van der Waals surface area contributed by atoms with E-state index in [2.05, 4.69) is 74.4 Å². The summed E-state index contributed by atoms with van der Waals surface area (Å²) < 4.78 is -1.45. The van der Waals surface area contributed by atoms with Crippen LogP contribution in [0.4, 0.5) is 0 Å². The summed E-state index contributed by atoms with van der Waals surface area (Å²) in [6.45, 7) is 2.80. The number of phenolic OH excluding ortho intramolecular Hbond substituents is 2. The van der Waals surface area contributed by atoms with Crippen molar-refractivity contribution in [2.24, 2.45) is 28.7 Å². The molecule has 117 heavy (non-hydrogen) atoms. The normalized spacial score (nSPS) is 24.0. The van der Waals surface area contributed by atoms with Crippen molar-refractivity contribution in [1.82, 2.24) is 79.3 Å². The number of aliphatic hydroxyl groups is 1. The Bertz CT molecular complexity index is 3860. The van der Waals surface area contributed by atoms with E-state index in [4.69, 9.17) is 39.5 Å². The predicted molar refractivity (Wildman–Crippen MR) is 443 cm³/mol. The second-order valence-corrected chi connectivity index (χ2v) is 35.0. The zero-order valence-electron chi connectivity index (χ0n) is 64.6. The average molecular weight is 1830 g/mol. The first kappa shape index (κ1) is 98.2. The van der Waals surface area contributed by atoms with Gasteiger partial charge in [0.2, 0.25) is 76.8 Å². The highest BCUT2D eigenvalue weighted by molar-refractivity contribution is 14.1. The number of benzene rings is 2. The Morgan fingerprint density at radius 1 is 0.632 bits per heavy atom. The quantitative estimate of drug-likeness (QED) is 0.0119. The number of amides is 13. The lowest BCUT2D eigenvalue weighted by atomic mass is 10.00. The van der Waals surface area contributed by atoms with Crippen molar-refractivity contribution in [3.63, 3.8) is 0 Å². The number of aliphatic carboxylic acids is 2. The van der Waals surface area contributed by atoms with Crippen LogP contribution in [0.15, 0.2) is 42.5 Å². The third-order valence-electron chi connectivity index (χ3n) is 18.5. The minimum Gasteiger partial charge on any atom is -0.508 e. The maximum absolute atomic E-state index is 15.4. The molecular formula is C70H107IN22O20S4. The lowest BCUT2D eigenvalue weighted by Crippen LogP contribution is -2.64. The maximum Gasteiger partial charge on any atom is 0.326 e. The fourth-order valence-electron chi connectivity index (χ4n) is 12.3. The molecule has 2 bridgehead atoms. The molecule has 3 heterocycles. The molecule has 0 unspecified atom stereocenters. The smallest absolute Gasteiger partial charge is 0.326 e. The molecule has 3 saturated heterocycles. The van der Waals surface area contributed by atoms with E-state index in [1.165, 1.54) is 56.3 Å². The van der Waals surface area contributed by atoms with Crippen molar-refractivity contribution >= 4 is 166 Å². The van der Waals surface area contributed by atoms with Crippen LogP contribution >= 0.6 is 65.8 Å². The highest BCUT2D eigenvalue weighted by atomic mass is 127. The molecule has 14 atom stereocenters. The number of carbonyl (C=O) groups is 15. The first-order valence-electron chi connectivity index (χ1n) is 37.5. The molecule has 2 aromatic rings. The molecule has 0 aliphatic carbocycles. The summed E-state index contributed by atoms with van der Waals surface area (Å²) >= 11 is 1.83. The van der Waals surface area contributed by atoms with Gasteiger partial charge >= 0.3 is 11.9 Å². The van der Waals surface area contributed by atoms with E-state index >= 15 is 38.4 Å². The third-order valence-corrected chi connectivity index (χ3v) is 25.1. The van der Waals surface area contributed by atoms with Crippen LogP contribution in [-0.4, -0.2) is 277 Å². The Kier molecular flexibility index (Phi) is 41.2. The molecule has 0 radical (unpaired) electrons. The second-order valence-electron chi connectivity index (χ2n) is 28.3. The van der Waals surface area contributed by atoms with Crippen molar-refractivity contribution in [2.45, 2.75) is 200 Å². The zero-order valence-corrected chi connectivity index (χ0v) is 70.0. The van der Waals surface area contributed by atoms with E-state index in [9.17, 15) is 59.1 Å². The van der Waals surface area contributed by atoms with Crippen LogP contribution in [0.2, 0.25) is 0 Å². The Hall–Kier alpha value is -9.40. The first-order valence-corrected chi connectivity index (χ1v) is 43.4. The number of carboxylic acids is 2. The average Bonchev–Trinajstić information content (AvgIpc) is 1.80. The van der Waals surface area contributed by atoms with Crippen molar-refractivity contribution in [3.8, 4) is 11.5 Å². The van der Waals surface area contributed by atoms with E-state index in [-0.39, 0.29) is 121 Å². The molecule has 31 N–H and O–H groups in total. The zero-order chi connectivity index (χ0) is 86.8. The summed E-state index contributed by atoms with van der Waals surface area (Å²) in [7, 11) is 3.19. The minimum atomic E-state index is -2.10. The third kappa shape index (κ3) is 33.1. The van der Waals surface area contributed by atoms with E-state index in [0.29, 0.717) is 14.7 Å². The van der Waals surface area contributed by atoms with Crippen LogP contribution in [0, 0.1) is 14.4 Å². The highest BCUT2D eigenvalue weighted by Crippen LogP contribution is 2.39. The van der Waals surface area contributed by atoms with Crippen LogP contribution in [0.3, 0.4) is 0 Å². The lowest BCUT2D eigenvalue weighted by molar-refractivity contribution is -0.146. The number of halogens is 1. The highest BCUT2D eigenvalue weighted by Gasteiger charge is 2.45. The number of fused-ring (bicyclic) bond motifs is 9. The van der Waals surface area contributed by atoms with Crippen molar-refractivity contribution in [3.05, 3.63) is 57.2 Å². The summed E-state index contributed by atoms with van der Waals surface area (Å²) in [5, 5.41) is 104. The molecule has 13 amide bonds. The van der Waals surface area contributed by atoms with Crippen molar-refractivity contribution in [1.29, 1.82) is 10.8 Å². The van der Waals surface area contributed by atoms with Gasteiger partial charge in [-0.1, -0.05) is 61.4 Å². The number of aromatic hydroxyl groups is 2. The van der Waals surface area contributed by atoms with Gasteiger partial charge in [0, 0.05) is 60.5 Å². The number of aliphatic hydroxyl groups excluding tert-OH is 1. The van der Waals surface area contributed by atoms with Crippen molar-refractivity contribution < 1.29 is 97.5 Å². The Morgan fingerprint density at radius 3 is 1.79 bits per heavy atom. The van der Waals surface area contributed by atoms with Crippen LogP contribution in [0.1, 0.15) is 109 Å². The number of guanidine groups is 2. The minimum absolute atomic E-state index is 0.0115.